The Labute approximate surface area is 167 Å². The number of rotatable bonds is 7. The number of hydrogen-bond acceptors (Lipinski definition) is 6. The number of anilines is 1. The zero-order chi connectivity index (χ0) is 21.0. The molecule has 0 atom stereocenters. The number of non-ortho nitro benzene ring substituents is 1. The van der Waals surface area contributed by atoms with Crippen LogP contribution in [0.25, 0.3) is 5.69 Å². The van der Waals surface area contributed by atoms with Crippen LogP contribution >= 0.6 is 11.6 Å². The Kier molecular flexibility index (Phi) is 6.03. The molecule has 0 aliphatic rings. The molecule has 0 aliphatic carbocycles. The van der Waals surface area contributed by atoms with Gasteiger partial charge in [0, 0.05) is 24.7 Å². The van der Waals surface area contributed by atoms with Gasteiger partial charge in [-0.3, -0.25) is 14.9 Å². The SMILES string of the molecule is O=c1c(Cl)c(NCCOc2ccc(F)c(F)c2)cnn1-c1ccc([N+](=O)[O-])cc1. The Bertz CT molecular complexity index is 1110. The first-order chi connectivity index (χ1) is 13.9. The average Bonchev–Trinajstić information content (AvgIpc) is 2.71. The molecule has 0 unspecified atom stereocenters. The molecule has 29 heavy (non-hydrogen) atoms. The molecule has 1 heterocycles. The van der Waals surface area contributed by atoms with Crippen LogP contribution in [0.3, 0.4) is 0 Å². The molecule has 0 aliphatic heterocycles. The standard InChI is InChI=1S/C18H13ClF2N4O4/c19-17-16(22-7-8-29-13-5-6-14(20)15(21)9-13)10-23-24(18(17)26)11-1-3-12(4-2-11)25(27)28/h1-6,9-10,22H,7-8H2. The summed E-state index contributed by atoms with van der Waals surface area (Å²) < 4.78 is 32.3. The van der Waals surface area contributed by atoms with Gasteiger partial charge in [-0.1, -0.05) is 11.6 Å². The summed E-state index contributed by atoms with van der Waals surface area (Å²) in [5.41, 5.74) is -0.168. The molecule has 150 valence electrons. The molecule has 0 saturated carbocycles. The predicted octanol–water partition coefficient (Wildman–Crippen LogP) is 3.56. The third kappa shape index (κ3) is 4.66. The van der Waals surface area contributed by atoms with E-state index in [4.69, 9.17) is 16.3 Å². The van der Waals surface area contributed by atoms with Crippen molar-refractivity contribution in [3.05, 3.63) is 85.8 Å². The average molecular weight is 423 g/mol. The number of aromatic nitrogens is 2. The second-order valence-electron chi connectivity index (χ2n) is 5.71. The van der Waals surface area contributed by atoms with E-state index in [0.717, 1.165) is 16.8 Å². The number of benzene rings is 2. The normalized spacial score (nSPS) is 10.6. The number of halogens is 3. The van der Waals surface area contributed by atoms with Crippen LogP contribution in [0.2, 0.25) is 5.02 Å². The van der Waals surface area contributed by atoms with Crippen LogP contribution in [-0.4, -0.2) is 27.9 Å². The maximum absolute atomic E-state index is 13.1. The Morgan fingerprint density at radius 3 is 2.55 bits per heavy atom. The maximum Gasteiger partial charge on any atom is 0.292 e. The van der Waals surface area contributed by atoms with Gasteiger partial charge in [-0.25, -0.2) is 8.78 Å². The lowest BCUT2D eigenvalue weighted by atomic mass is 10.3. The molecule has 0 saturated heterocycles. The fraction of sp³-hybridized carbons (Fsp3) is 0.111. The third-order valence-corrected chi connectivity index (χ3v) is 4.17. The first kappa shape index (κ1) is 20.2. The second kappa shape index (κ2) is 8.65. The van der Waals surface area contributed by atoms with Crippen molar-refractivity contribution >= 4 is 23.0 Å². The number of nitrogens with one attached hydrogen (secondary N) is 1. The summed E-state index contributed by atoms with van der Waals surface area (Å²) in [4.78, 5) is 22.6. The highest BCUT2D eigenvalue weighted by Crippen LogP contribution is 2.19. The van der Waals surface area contributed by atoms with Gasteiger partial charge in [-0.2, -0.15) is 9.78 Å². The van der Waals surface area contributed by atoms with Crippen LogP contribution in [0.1, 0.15) is 0 Å². The topological polar surface area (TPSA) is 99.3 Å². The minimum absolute atomic E-state index is 0.0901. The number of nitro benzene ring substituents is 1. The van der Waals surface area contributed by atoms with Crippen molar-refractivity contribution in [3.63, 3.8) is 0 Å². The van der Waals surface area contributed by atoms with E-state index in [0.29, 0.717) is 5.69 Å². The van der Waals surface area contributed by atoms with Gasteiger partial charge in [0.1, 0.15) is 17.4 Å². The summed E-state index contributed by atoms with van der Waals surface area (Å²) >= 11 is 6.09. The lowest BCUT2D eigenvalue weighted by Crippen LogP contribution is -2.23. The molecule has 0 amide bonds. The summed E-state index contributed by atoms with van der Waals surface area (Å²) in [6, 6.07) is 8.43. The monoisotopic (exact) mass is 422 g/mol. The Morgan fingerprint density at radius 2 is 1.90 bits per heavy atom. The zero-order valence-electron chi connectivity index (χ0n) is 14.6. The summed E-state index contributed by atoms with van der Waals surface area (Å²) in [6.07, 6.45) is 1.32. The molecule has 1 aromatic heterocycles. The lowest BCUT2D eigenvalue weighted by Gasteiger charge is -2.11. The van der Waals surface area contributed by atoms with E-state index >= 15 is 0 Å². The predicted molar refractivity (Wildman–Crippen MR) is 102 cm³/mol. The van der Waals surface area contributed by atoms with Gasteiger partial charge in [0.05, 0.1) is 22.5 Å². The van der Waals surface area contributed by atoms with Crippen LogP contribution in [0.15, 0.2) is 53.5 Å². The molecular weight excluding hydrogens is 410 g/mol. The van der Waals surface area contributed by atoms with E-state index in [1.807, 2.05) is 0 Å². The molecule has 8 nitrogen and oxygen atoms in total. The van der Waals surface area contributed by atoms with E-state index in [2.05, 4.69) is 10.4 Å². The van der Waals surface area contributed by atoms with E-state index in [-0.39, 0.29) is 35.3 Å². The van der Waals surface area contributed by atoms with E-state index in [1.165, 1.54) is 36.5 Å². The van der Waals surface area contributed by atoms with E-state index < -0.39 is 22.1 Å². The maximum atomic E-state index is 13.1. The van der Waals surface area contributed by atoms with Gasteiger partial charge < -0.3 is 10.1 Å². The van der Waals surface area contributed by atoms with E-state index in [1.54, 1.807) is 0 Å². The smallest absolute Gasteiger partial charge is 0.292 e. The van der Waals surface area contributed by atoms with Crippen LogP contribution in [0, 0.1) is 21.7 Å². The molecule has 0 radical (unpaired) electrons. The molecule has 0 fully saturated rings. The van der Waals surface area contributed by atoms with Crippen LogP contribution in [0.5, 0.6) is 5.75 Å². The van der Waals surface area contributed by atoms with Gasteiger partial charge in [0.25, 0.3) is 11.2 Å². The molecule has 11 heteroatoms. The minimum atomic E-state index is -1.02. The van der Waals surface area contributed by atoms with Crippen molar-refractivity contribution in [1.29, 1.82) is 0 Å². The van der Waals surface area contributed by atoms with Crippen molar-refractivity contribution in [2.24, 2.45) is 0 Å². The fourth-order valence-electron chi connectivity index (χ4n) is 2.38. The number of ether oxygens (including phenoxy) is 1. The Morgan fingerprint density at radius 1 is 1.17 bits per heavy atom. The number of hydrogen-bond donors (Lipinski definition) is 1. The van der Waals surface area contributed by atoms with Crippen molar-refractivity contribution in [3.8, 4) is 11.4 Å². The van der Waals surface area contributed by atoms with Crippen molar-refractivity contribution in [1.82, 2.24) is 9.78 Å². The Balaban J connectivity index is 1.65. The molecule has 1 N–H and O–H groups in total. The molecule has 0 spiro atoms. The highest BCUT2D eigenvalue weighted by atomic mass is 35.5. The zero-order valence-corrected chi connectivity index (χ0v) is 15.4. The van der Waals surface area contributed by atoms with Crippen LogP contribution in [-0.2, 0) is 0 Å². The highest BCUT2D eigenvalue weighted by molar-refractivity contribution is 6.32. The molecule has 3 aromatic rings. The van der Waals surface area contributed by atoms with Gasteiger partial charge >= 0.3 is 0 Å². The molecular formula is C18H13ClF2N4O4. The van der Waals surface area contributed by atoms with Crippen molar-refractivity contribution in [2.75, 3.05) is 18.5 Å². The second-order valence-corrected chi connectivity index (χ2v) is 6.09. The van der Waals surface area contributed by atoms with Crippen LogP contribution < -0.4 is 15.6 Å². The third-order valence-electron chi connectivity index (χ3n) is 3.80. The Hall–Kier alpha value is -3.53. The quantitative estimate of drug-likeness (QED) is 0.355. The summed E-state index contributed by atoms with van der Waals surface area (Å²) in [7, 11) is 0. The van der Waals surface area contributed by atoms with Crippen molar-refractivity contribution in [2.45, 2.75) is 0 Å². The summed E-state index contributed by atoms with van der Waals surface area (Å²) in [5, 5.41) is 17.4. The molecule has 3 rings (SSSR count). The highest BCUT2D eigenvalue weighted by Gasteiger charge is 2.12. The first-order valence-corrected chi connectivity index (χ1v) is 8.59. The minimum Gasteiger partial charge on any atom is -0.492 e. The van der Waals surface area contributed by atoms with Gasteiger partial charge in [0.15, 0.2) is 11.6 Å². The fourth-order valence-corrected chi connectivity index (χ4v) is 2.57. The largest absolute Gasteiger partial charge is 0.492 e. The van der Waals surface area contributed by atoms with Gasteiger partial charge in [-0.05, 0) is 24.3 Å². The first-order valence-electron chi connectivity index (χ1n) is 8.21. The van der Waals surface area contributed by atoms with Crippen LogP contribution in [0.4, 0.5) is 20.2 Å². The van der Waals surface area contributed by atoms with E-state index in [9.17, 15) is 23.7 Å². The number of nitrogens with zero attached hydrogens (tertiary/aromatic N) is 3. The van der Waals surface area contributed by atoms with Crippen molar-refractivity contribution < 1.29 is 18.4 Å². The summed E-state index contributed by atoms with van der Waals surface area (Å²) in [5.74, 6) is -1.83. The van der Waals surface area contributed by atoms with Gasteiger partial charge in [-0.15, -0.1) is 0 Å². The molecule has 2 aromatic carbocycles. The lowest BCUT2D eigenvalue weighted by molar-refractivity contribution is -0.384. The number of nitro groups is 1. The summed E-state index contributed by atoms with van der Waals surface area (Å²) in [6.45, 7) is 0.300. The van der Waals surface area contributed by atoms with Gasteiger partial charge in [0.2, 0.25) is 0 Å². The molecule has 0 bridgehead atoms.